The molecule has 0 aliphatic carbocycles. The molecule has 1 aliphatic rings. The van der Waals surface area contributed by atoms with E-state index in [0.717, 1.165) is 32.6 Å². The molecule has 1 atom stereocenters. The van der Waals surface area contributed by atoms with Crippen LogP contribution in [0, 0.1) is 0 Å². The van der Waals surface area contributed by atoms with Crippen molar-refractivity contribution < 1.29 is 4.74 Å². The Labute approximate surface area is 181 Å². The van der Waals surface area contributed by atoms with Crippen molar-refractivity contribution in [2.75, 3.05) is 31.4 Å². The fraction of sp³-hybridized carbons (Fsp3) is 0.167. The molecule has 0 radical (unpaired) electrons. The molecule has 0 aromatic heterocycles. The first-order valence-corrected chi connectivity index (χ1v) is 10.7. The summed E-state index contributed by atoms with van der Waals surface area (Å²) >= 11 is 8.09. The second-order valence-corrected chi connectivity index (χ2v) is 8.72. The Balaban J connectivity index is 1.76. The monoisotopic (exact) mass is 422 g/mol. The number of ether oxygens (including phenoxy) is 1. The fourth-order valence-electron chi connectivity index (χ4n) is 3.27. The van der Waals surface area contributed by atoms with Gasteiger partial charge in [-0.15, -0.1) is 11.8 Å². The first-order valence-electron chi connectivity index (χ1n) is 9.40. The molecule has 0 fully saturated rings. The molecule has 3 nitrogen and oxygen atoms in total. The predicted octanol–water partition coefficient (Wildman–Crippen LogP) is 6.71. The number of hydrogen-bond donors (Lipinski definition) is 1. The van der Waals surface area contributed by atoms with Crippen molar-refractivity contribution in [1.82, 2.24) is 0 Å². The predicted molar refractivity (Wildman–Crippen MR) is 125 cm³/mol. The van der Waals surface area contributed by atoms with Gasteiger partial charge in [0, 0.05) is 35.4 Å². The highest BCUT2D eigenvalue weighted by Gasteiger charge is 2.20. The molecule has 0 saturated carbocycles. The van der Waals surface area contributed by atoms with Crippen molar-refractivity contribution in [2.45, 2.75) is 10.1 Å². The number of halogens is 1. The largest absolute Gasteiger partial charge is 0.497 e. The summed E-state index contributed by atoms with van der Waals surface area (Å²) < 4.78 is 5.31. The molecule has 0 bridgehead atoms. The standard InChI is InChI=1S/C24H23ClN2OS/c1-27(2)19-9-4-17(5-10-19)23-15-22(16-6-11-20(28-3)12-7-16)26-21-13-8-18(25)14-24(21)29-23/h4-15,23,26H,1-3H3. The van der Waals surface area contributed by atoms with Gasteiger partial charge in [-0.3, -0.25) is 0 Å². The van der Waals surface area contributed by atoms with Crippen LogP contribution in [0.3, 0.4) is 0 Å². The number of nitrogens with one attached hydrogen (secondary N) is 1. The summed E-state index contributed by atoms with van der Waals surface area (Å²) in [5.74, 6) is 0.848. The smallest absolute Gasteiger partial charge is 0.118 e. The summed E-state index contributed by atoms with van der Waals surface area (Å²) in [7, 11) is 5.79. The van der Waals surface area contributed by atoms with Crippen LogP contribution in [0.25, 0.3) is 5.70 Å². The minimum Gasteiger partial charge on any atom is -0.497 e. The Morgan fingerprint density at radius 1 is 0.966 bits per heavy atom. The van der Waals surface area contributed by atoms with Crippen molar-refractivity contribution in [3.8, 4) is 5.75 Å². The highest BCUT2D eigenvalue weighted by Crippen LogP contribution is 2.45. The number of methoxy groups -OCH3 is 1. The van der Waals surface area contributed by atoms with E-state index in [4.69, 9.17) is 16.3 Å². The zero-order valence-corrected chi connectivity index (χ0v) is 18.2. The van der Waals surface area contributed by atoms with Crippen LogP contribution >= 0.6 is 23.4 Å². The van der Waals surface area contributed by atoms with E-state index in [1.165, 1.54) is 11.3 Å². The summed E-state index contributed by atoms with van der Waals surface area (Å²) in [5, 5.41) is 4.51. The van der Waals surface area contributed by atoms with Crippen LogP contribution in [0.1, 0.15) is 16.4 Å². The molecular formula is C24H23ClN2OS. The second kappa shape index (κ2) is 8.44. The Morgan fingerprint density at radius 3 is 2.34 bits per heavy atom. The molecule has 5 heteroatoms. The van der Waals surface area contributed by atoms with Gasteiger partial charge in [0.1, 0.15) is 5.75 Å². The average molecular weight is 423 g/mol. The lowest BCUT2D eigenvalue weighted by Gasteiger charge is -2.16. The van der Waals surface area contributed by atoms with Crippen LogP contribution in [0.2, 0.25) is 5.02 Å². The molecule has 1 aliphatic heterocycles. The van der Waals surface area contributed by atoms with Crippen LogP contribution < -0.4 is 15.0 Å². The lowest BCUT2D eigenvalue weighted by atomic mass is 10.1. The van der Waals surface area contributed by atoms with Crippen LogP contribution in [-0.2, 0) is 0 Å². The van der Waals surface area contributed by atoms with E-state index < -0.39 is 0 Å². The molecule has 3 aromatic rings. The van der Waals surface area contributed by atoms with Gasteiger partial charge in [0.25, 0.3) is 0 Å². The van der Waals surface area contributed by atoms with Crippen LogP contribution in [-0.4, -0.2) is 21.2 Å². The van der Waals surface area contributed by atoms with E-state index >= 15 is 0 Å². The summed E-state index contributed by atoms with van der Waals surface area (Å²) in [4.78, 5) is 3.25. The second-order valence-electron chi connectivity index (χ2n) is 7.10. The quantitative estimate of drug-likeness (QED) is 0.504. The Morgan fingerprint density at radius 2 is 1.69 bits per heavy atom. The first kappa shape index (κ1) is 19.7. The molecule has 0 amide bonds. The summed E-state index contributed by atoms with van der Waals surface area (Å²) in [6.07, 6.45) is 2.28. The number of fused-ring (bicyclic) bond motifs is 1. The van der Waals surface area contributed by atoms with Crippen molar-refractivity contribution in [2.24, 2.45) is 0 Å². The van der Waals surface area contributed by atoms with Crippen molar-refractivity contribution in [3.63, 3.8) is 0 Å². The molecule has 1 unspecified atom stereocenters. The van der Waals surface area contributed by atoms with Gasteiger partial charge >= 0.3 is 0 Å². The van der Waals surface area contributed by atoms with Gasteiger partial charge in [0.2, 0.25) is 0 Å². The van der Waals surface area contributed by atoms with Gasteiger partial charge in [0.15, 0.2) is 0 Å². The maximum Gasteiger partial charge on any atom is 0.118 e. The van der Waals surface area contributed by atoms with E-state index in [-0.39, 0.29) is 5.25 Å². The lowest BCUT2D eigenvalue weighted by Crippen LogP contribution is -2.08. The number of anilines is 2. The molecule has 1 N–H and O–H groups in total. The Bertz CT molecular complexity index is 1030. The van der Waals surface area contributed by atoms with Gasteiger partial charge in [-0.2, -0.15) is 0 Å². The molecule has 3 aromatic carbocycles. The first-order chi connectivity index (χ1) is 14.0. The van der Waals surface area contributed by atoms with Gasteiger partial charge in [0.05, 0.1) is 18.0 Å². The highest BCUT2D eigenvalue weighted by atomic mass is 35.5. The van der Waals surface area contributed by atoms with E-state index in [1.54, 1.807) is 18.9 Å². The maximum atomic E-state index is 6.29. The minimum atomic E-state index is 0.163. The van der Waals surface area contributed by atoms with E-state index in [1.807, 2.05) is 30.3 Å². The third-order valence-corrected chi connectivity index (χ3v) is 6.41. The molecule has 0 saturated heterocycles. The number of hydrogen-bond acceptors (Lipinski definition) is 4. The highest BCUT2D eigenvalue weighted by molar-refractivity contribution is 7.99. The number of nitrogens with zero attached hydrogens (tertiary/aromatic N) is 1. The molecule has 0 spiro atoms. The minimum absolute atomic E-state index is 0.163. The fourth-order valence-corrected chi connectivity index (χ4v) is 4.72. The molecule has 148 valence electrons. The number of benzene rings is 3. The molecular weight excluding hydrogens is 400 g/mol. The van der Waals surface area contributed by atoms with Gasteiger partial charge in [-0.1, -0.05) is 23.7 Å². The normalized spacial score (nSPS) is 15.6. The van der Waals surface area contributed by atoms with Crippen LogP contribution in [0.4, 0.5) is 11.4 Å². The van der Waals surface area contributed by atoms with Crippen LogP contribution in [0.15, 0.2) is 77.7 Å². The number of thioether (sulfide) groups is 1. The van der Waals surface area contributed by atoms with Crippen molar-refractivity contribution >= 4 is 40.4 Å². The van der Waals surface area contributed by atoms with Gasteiger partial charge in [-0.25, -0.2) is 0 Å². The van der Waals surface area contributed by atoms with Crippen molar-refractivity contribution in [1.29, 1.82) is 0 Å². The molecule has 4 rings (SSSR count). The summed E-state index contributed by atoms with van der Waals surface area (Å²) in [6.45, 7) is 0. The zero-order chi connectivity index (χ0) is 20.4. The maximum absolute atomic E-state index is 6.29. The van der Waals surface area contributed by atoms with E-state index in [2.05, 4.69) is 66.8 Å². The van der Waals surface area contributed by atoms with Crippen LogP contribution in [0.5, 0.6) is 5.75 Å². The average Bonchev–Trinajstić information content (AvgIpc) is 2.93. The third kappa shape index (κ3) is 4.39. The van der Waals surface area contributed by atoms with E-state index in [9.17, 15) is 0 Å². The van der Waals surface area contributed by atoms with Gasteiger partial charge < -0.3 is 15.0 Å². The SMILES string of the molecule is COc1ccc(C2=CC(c3ccc(N(C)C)cc3)Sc3cc(Cl)ccc3N2)cc1. The van der Waals surface area contributed by atoms with Crippen molar-refractivity contribution in [3.05, 3.63) is 89.0 Å². The summed E-state index contributed by atoms with van der Waals surface area (Å²) in [6, 6.07) is 22.8. The molecule has 1 heterocycles. The third-order valence-electron chi connectivity index (χ3n) is 4.92. The lowest BCUT2D eigenvalue weighted by molar-refractivity contribution is 0.415. The number of rotatable bonds is 4. The Hall–Kier alpha value is -2.56. The zero-order valence-electron chi connectivity index (χ0n) is 16.6. The van der Waals surface area contributed by atoms with Gasteiger partial charge in [-0.05, 0) is 71.8 Å². The topological polar surface area (TPSA) is 24.5 Å². The van der Waals surface area contributed by atoms with E-state index in [0.29, 0.717) is 0 Å². The molecule has 29 heavy (non-hydrogen) atoms. The summed E-state index contributed by atoms with van der Waals surface area (Å²) in [5.41, 5.74) is 5.69. The Kier molecular flexibility index (Phi) is 5.74.